The molecule has 4 aromatic rings. The molecule has 0 saturated carbocycles. The summed E-state index contributed by atoms with van der Waals surface area (Å²) in [6, 6.07) is 9.38. The molecule has 0 N–H and O–H groups in total. The van der Waals surface area contributed by atoms with Crippen LogP contribution in [-0.4, -0.2) is 14.2 Å². The third-order valence-corrected chi connectivity index (χ3v) is 9.92. The number of hydrogen-bond acceptors (Lipinski definition) is 2. The van der Waals surface area contributed by atoms with Gasteiger partial charge >= 0.3 is 18.5 Å². The van der Waals surface area contributed by atoms with E-state index in [4.69, 9.17) is 9.47 Å². The number of alkyl halides is 9. The van der Waals surface area contributed by atoms with Crippen LogP contribution in [0.4, 0.5) is 39.5 Å². The first-order chi connectivity index (χ1) is 24.0. The maximum Gasteiger partial charge on any atom is 0.416 e. The molecule has 2 aliphatic carbocycles. The summed E-state index contributed by atoms with van der Waals surface area (Å²) in [7, 11) is 2.93. The summed E-state index contributed by atoms with van der Waals surface area (Å²) < 4.78 is 136. The highest BCUT2D eigenvalue weighted by atomic mass is 19.4. The Morgan fingerprint density at radius 2 is 0.863 bits per heavy atom. The van der Waals surface area contributed by atoms with Crippen molar-refractivity contribution < 1.29 is 49.0 Å². The predicted molar refractivity (Wildman–Crippen MR) is 177 cm³/mol. The first-order valence-electron chi connectivity index (χ1n) is 16.9. The number of fused-ring (bicyclic) bond motifs is 2. The highest BCUT2D eigenvalue weighted by Gasteiger charge is 2.38. The lowest BCUT2D eigenvalue weighted by Gasteiger charge is -2.30. The molecule has 6 rings (SSSR count). The van der Waals surface area contributed by atoms with Gasteiger partial charge in [0.15, 0.2) is 0 Å². The van der Waals surface area contributed by atoms with E-state index in [1.54, 1.807) is 13.0 Å². The minimum absolute atomic E-state index is 0.119. The van der Waals surface area contributed by atoms with Crippen LogP contribution in [0.15, 0.2) is 48.5 Å². The molecular weight excluding hydrogens is 683 g/mol. The van der Waals surface area contributed by atoms with Gasteiger partial charge in [-0.15, -0.1) is 0 Å². The maximum atomic E-state index is 13.8. The monoisotopic (exact) mass is 720 g/mol. The predicted octanol–water partition coefficient (Wildman–Crippen LogP) is 11.7. The fourth-order valence-corrected chi connectivity index (χ4v) is 7.84. The molecule has 0 aliphatic heterocycles. The van der Waals surface area contributed by atoms with Gasteiger partial charge in [0.05, 0.1) is 30.9 Å². The van der Waals surface area contributed by atoms with E-state index in [-0.39, 0.29) is 24.5 Å². The highest BCUT2D eigenvalue weighted by Crippen LogP contribution is 2.50. The molecule has 51 heavy (non-hydrogen) atoms. The molecule has 0 atom stereocenters. The topological polar surface area (TPSA) is 18.5 Å². The molecule has 0 radical (unpaired) electrons. The Hall–Kier alpha value is -4.15. The molecule has 0 amide bonds. The maximum absolute atomic E-state index is 13.8. The van der Waals surface area contributed by atoms with E-state index in [0.29, 0.717) is 58.6 Å². The number of rotatable bonds is 7. The van der Waals surface area contributed by atoms with Gasteiger partial charge < -0.3 is 9.47 Å². The van der Waals surface area contributed by atoms with Crippen molar-refractivity contribution in [1.29, 1.82) is 0 Å². The van der Waals surface area contributed by atoms with Crippen molar-refractivity contribution in [3.05, 3.63) is 115 Å². The molecule has 0 aromatic heterocycles. The largest absolute Gasteiger partial charge is 0.496 e. The second-order valence-corrected chi connectivity index (χ2v) is 13.6. The normalized spacial score (nSPS) is 15.0. The van der Waals surface area contributed by atoms with Gasteiger partial charge in [-0.2, -0.15) is 39.5 Å². The Bertz CT molecular complexity index is 1920. The van der Waals surface area contributed by atoms with Crippen molar-refractivity contribution in [1.82, 2.24) is 0 Å². The average molecular weight is 721 g/mol. The van der Waals surface area contributed by atoms with E-state index < -0.39 is 35.2 Å². The summed E-state index contributed by atoms with van der Waals surface area (Å²) >= 11 is 0. The van der Waals surface area contributed by atoms with E-state index in [1.165, 1.54) is 14.2 Å². The van der Waals surface area contributed by atoms with Gasteiger partial charge in [0.25, 0.3) is 0 Å². The minimum Gasteiger partial charge on any atom is -0.496 e. The molecule has 0 saturated heterocycles. The van der Waals surface area contributed by atoms with Crippen molar-refractivity contribution in [2.45, 2.75) is 89.7 Å². The first-order valence-corrected chi connectivity index (χ1v) is 16.9. The van der Waals surface area contributed by atoms with Crippen LogP contribution in [0.2, 0.25) is 0 Å². The van der Waals surface area contributed by atoms with Gasteiger partial charge in [0.2, 0.25) is 0 Å². The van der Waals surface area contributed by atoms with Crippen molar-refractivity contribution in [3.8, 4) is 22.6 Å². The average Bonchev–Trinajstić information content (AvgIpc) is 3.05. The molecule has 0 heterocycles. The van der Waals surface area contributed by atoms with Crippen LogP contribution in [-0.2, 0) is 57.1 Å². The summed E-state index contributed by atoms with van der Waals surface area (Å²) in [6.45, 7) is 1.61. The molecule has 272 valence electrons. The molecule has 0 fully saturated rings. The lowest BCUT2D eigenvalue weighted by Crippen LogP contribution is -2.14. The second kappa shape index (κ2) is 13.8. The van der Waals surface area contributed by atoms with Crippen molar-refractivity contribution in [2.24, 2.45) is 0 Å². The van der Waals surface area contributed by atoms with E-state index >= 15 is 0 Å². The molecular formula is C40H37F9O2. The summed E-state index contributed by atoms with van der Waals surface area (Å²) in [5, 5.41) is 0. The number of methoxy groups -OCH3 is 2. The first kappa shape index (κ1) is 36.6. The Kier molecular flexibility index (Phi) is 9.89. The Balaban J connectivity index is 1.59. The summed E-state index contributed by atoms with van der Waals surface area (Å²) in [4.78, 5) is 0. The quantitative estimate of drug-likeness (QED) is 0.177. The van der Waals surface area contributed by atoms with Gasteiger partial charge in [-0.05, 0) is 133 Å². The van der Waals surface area contributed by atoms with Crippen molar-refractivity contribution in [3.63, 3.8) is 0 Å². The lowest BCUT2D eigenvalue weighted by atomic mass is 9.77. The zero-order chi connectivity index (χ0) is 36.9. The number of aryl methyl sites for hydroxylation is 3. The number of benzene rings is 4. The van der Waals surface area contributed by atoms with Crippen LogP contribution in [0, 0.1) is 6.92 Å². The second-order valence-electron chi connectivity index (χ2n) is 13.6. The van der Waals surface area contributed by atoms with Gasteiger partial charge in [-0.1, -0.05) is 23.8 Å². The molecule has 11 heteroatoms. The lowest BCUT2D eigenvalue weighted by molar-refractivity contribution is -0.143. The van der Waals surface area contributed by atoms with Gasteiger partial charge in [-0.25, -0.2) is 0 Å². The van der Waals surface area contributed by atoms with Gasteiger partial charge in [0, 0.05) is 24.0 Å². The molecule has 0 bridgehead atoms. The van der Waals surface area contributed by atoms with E-state index in [9.17, 15) is 39.5 Å². The number of hydrogen-bond donors (Lipinski definition) is 0. The van der Waals surface area contributed by atoms with Crippen LogP contribution in [0.3, 0.4) is 0 Å². The zero-order valence-electron chi connectivity index (χ0n) is 28.4. The van der Waals surface area contributed by atoms with Crippen LogP contribution in [0.1, 0.15) is 92.4 Å². The smallest absolute Gasteiger partial charge is 0.416 e. The van der Waals surface area contributed by atoms with Gasteiger partial charge in [-0.3, -0.25) is 0 Å². The van der Waals surface area contributed by atoms with Crippen LogP contribution >= 0.6 is 0 Å². The van der Waals surface area contributed by atoms with Crippen LogP contribution in [0.5, 0.6) is 11.5 Å². The standard InChI is InChI=1S/C40H37F9O2/c1-22-12-23(16-29(13-22)38(41,42)43)14-27-19-25-8-4-6-10-32(25)34(36(27)50-2)35-33-11-7-5-9-26(33)20-28(37(35)51-3)15-24-17-30(39(44,45)46)21-31(18-24)40(47,48)49/h12-13,16-21H,4-11,14-15H2,1-3H3. The zero-order valence-corrected chi connectivity index (χ0v) is 28.4. The summed E-state index contributed by atoms with van der Waals surface area (Å²) in [5.74, 6) is 0.798. The third-order valence-electron chi connectivity index (χ3n) is 9.92. The van der Waals surface area contributed by atoms with E-state index in [0.717, 1.165) is 84.2 Å². The SMILES string of the molecule is COc1c(Cc2cc(C)cc(C(F)(F)F)c2)cc2c(c1-c1c3c(cc(Cc4cc(C(F)(F)F)cc(C(F)(F)F)c4)c1OC)CCCC3)CCCC2. The Morgan fingerprint density at radius 1 is 0.490 bits per heavy atom. The fourth-order valence-electron chi connectivity index (χ4n) is 7.84. The number of halogens is 9. The molecule has 4 aromatic carbocycles. The Morgan fingerprint density at radius 3 is 1.25 bits per heavy atom. The van der Waals surface area contributed by atoms with Crippen molar-refractivity contribution in [2.75, 3.05) is 14.2 Å². The minimum atomic E-state index is -4.99. The van der Waals surface area contributed by atoms with E-state index in [2.05, 4.69) is 0 Å². The molecule has 2 nitrogen and oxygen atoms in total. The highest BCUT2D eigenvalue weighted by molar-refractivity contribution is 5.86. The van der Waals surface area contributed by atoms with Crippen LogP contribution in [0.25, 0.3) is 11.1 Å². The number of ether oxygens (including phenoxy) is 2. The van der Waals surface area contributed by atoms with Crippen molar-refractivity contribution >= 4 is 0 Å². The molecule has 2 aliphatic rings. The van der Waals surface area contributed by atoms with E-state index in [1.807, 2.05) is 12.1 Å². The summed E-state index contributed by atoms with van der Waals surface area (Å²) in [5.41, 5.74) is 3.68. The van der Waals surface area contributed by atoms with Gasteiger partial charge in [0.1, 0.15) is 11.5 Å². The Labute approximate surface area is 290 Å². The third kappa shape index (κ3) is 7.58. The van der Waals surface area contributed by atoms with Crippen LogP contribution < -0.4 is 9.47 Å². The molecule has 0 unspecified atom stereocenters. The summed E-state index contributed by atoms with van der Waals surface area (Å²) in [6.07, 6.45) is -8.39. The molecule has 0 spiro atoms. The fraction of sp³-hybridized carbons (Fsp3) is 0.400.